The molecular weight excluding hydrogens is 214 g/mol. The van der Waals surface area contributed by atoms with E-state index >= 15 is 0 Å². The molecule has 0 radical (unpaired) electrons. The number of hydrogen-bond acceptors (Lipinski definition) is 4. The molecular formula is C13H21N3O. The van der Waals surface area contributed by atoms with Crippen LogP contribution in [0.5, 0.6) is 5.88 Å². The third-order valence-electron chi connectivity index (χ3n) is 3.24. The van der Waals surface area contributed by atoms with Crippen molar-refractivity contribution in [3.05, 3.63) is 11.9 Å². The molecule has 1 aromatic heterocycles. The first-order chi connectivity index (χ1) is 8.28. The molecule has 0 aromatic carbocycles. The Morgan fingerprint density at radius 2 is 2.24 bits per heavy atom. The lowest BCUT2D eigenvalue weighted by molar-refractivity contribution is 0.217. The first-order valence-electron chi connectivity index (χ1n) is 6.54. The average Bonchev–Trinajstić information content (AvgIpc) is 2.21. The zero-order valence-electron chi connectivity index (χ0n) is 10.5. The smallest absolute Gasteiger partial charge is 0.218 e. The van der Waals surface area contributed by atoms with E-state index in [-0.39, 0.29) is 0 Å². The average molecular weight is 235 g/mol. The Kier molecular flexibility index (Phi) is 4.18. The lowest BCUT2D eigenvalue weighted by Crippen LogP contribution is -2.15. The second-order valence-corrected chi connectivity index (χ2v) is 4.73. The number of ether oxygens (including phenoxy) is 1. The van der Waals surface area contributed by atoms with Crippen LogP contribution in [0.1, 0.15) is 44.9 Å². The number of anilines is 1. The minimum absolute atomic E-state index is 0.502. The maximum atomic E-state index is 5.73. The number of nitrogens with zero attached hydrogens (tertiary/aromatic N) is 2. The second kappa shape index (κ2) is 5.84. The van der Waals surface area contributed by atoms with E-state index in [1.807, 2.05) is 0 Å². The predicted octanol–water partition coefficient (Wildman–Crippen LogP) is 2.58. The topological polar surface area (TPSA) is 61.0 Å². The quantitative estimate of drug-likeness (QED) is 0.823. The van der Waals surface area contributed by atoms with E-state index in [0.29, 0.717) is 11.7 Å². The van der Waals surface area contributed by atoms with Gasteiger partial charge in [-0.15, -0.1) is 0 Å². The van der Waals surface area contributed by atoms with Crippen LogP contribution in [-0.4, -0.2) is 16.6 Å². The molecule has 0 amide bonds. The van der Waals surface area contributed by atoms with Gasteiger partial charge in [-0.05, 0) is 18.8 Å². The van der Waals surface area contributed by atoms with E-state index in [2.05, 4.69) is 16.9 Å². The summed E-state index contributed by atoms with van der Waals surface area (Å²) >= 11 is 0. The number of aryl methyl sites for hydroxylation is 1. The van der Waals surface area contributed by atoms with Crippen molar-refractivity contribution in [1.82, 2.24) is 9.97 Å². The Hall–Kier alpha value is -1.32. The molecule has 2 rings (SSSR count). The molecule has 17 heavy (non-hydrogen) atoms. The molecule has 0 saturated heterocycles. The van der Waals surface area contributed by atoms with E-state index in [4.69, 9.17) is 10.5 Å². The van der Waals surface area contributed by atoms with Crippen molar-refractivity contribution in [2.24, 2.45) is 5.92 Å². The molecule has 94 valence electrons. The number of nitrogens with two attached hydrogens (primary N) is 1. The molecule has 0 bridgehead atoms. The maximum Gasteiger partial charge on any atom is 0.218 e. The third kappa shape index (κ3) is 3.58. The molecule has 0 unspecified atom stereocenters. The highest BCUT2D eigenvalue weighted by Gasteiger charge is 2.17. The molecule has 2 N–H and O–H groups in total. The van der Waals surface area contributed by atoms with Gasteiger partial charge in [0, 0.05) is 12.5 Å². The Morgan fingerprint density at radius 1 is 1.41 bits per heavy atom. The summed E-state index contributed by atoms with van der Waals surface area (Å²) < 4.78 is 5.65. The van der Waals surface area contributed by atoms with E-state index in [1.165, 1.54) is 19.3 Å². The standard InChI is InChI=1S/C13H21N3O/c1-2-4-12-15-11(14)9-13(16-12)17-8-7-10-5-3-6-10/h9-10H,2-8H2,1H3,(H2,14,15,16). The molecule has 0 aliphatic heterocycles. The summed E-state index contributed by atoms with van der Waals surface area (Å²) in [6.07, 6.45) is 7.10. The number of aromatic nitrogens is 2. The van der Waals surface area contributed by atoms with Gasteiger partial charge in [-0.25, -0.2) is 4.98 Å². The second-order valence-electron chi connectivity index (χ2n) is 4.73. The van der Waals surface area contributed by atoms with Gasteiger partial charge < -0.3 is 10.5 Å². The van der Waals surface area contributed by atoms with Gasteiger partial charge in [0.2, 0.25) is 5.88 Å². The van der Waals surface area contributed by atoms with Gasteiger partial charge in [-0.3, -0.25) is 0 Å². The maximum absolute atomic E-state index is 5.73. The van der Waals surface area contributed by atoms with Crippen LogP contribution in [0.15, 0.2) is 6.07 Å². The lowest BCUT2D eigenvalue weighted by atomic mass is 9.83. The SMILES string of the molecule is CCCc1nc(N)cc(OCCC2CCC2)n1. The van der Waals surface area contributed by atoms with Gasteiger partial charge in [0.05, 0.1) is 6.61 Å². The fourth-order valence-electron chi connectivity index (χ4n) is 2.01. The van der Waals surface area contributed by atoms with E-state index in [9.17, 15) is 0 Å². The van der Waals surface area contributed by atoms with Crippen LogP contribution in [0.25, 0.3) is 0 Å². The molecule has 1 aliphatic rings. The highest BCUT2D eigenvalue weighted by molar-refractivity contribution is 5.32. The first-order valence-corrected chi connectivity index (χ1v) is 6.54. The third-order valence-corrected chi connectivity index (χ3v) is 3.24. The Balaban J connectivity index is 1.85. The number of nitrogen functional groups attached to an aromatic ring is 1. The van der Waals surface area contributed by atoms with Gasteiger partial charge >= 0.3 is 0 Å². The van der Waals surface area contributed by atoms with E-state index in [1.54, 1.807) is 6.07 Å². The largest absolute Gasteiger partial charge is 0.478 e. The zero-order chi connectivity index (χ0) is 12.1. The van der Waals surface area contributed by atoms with Crippen LogP contribution in [0.2, 0.25) is 0 Å². The first kappa shape index (κ1) is 12.1. The molecule has 1 aromatic rings. The summed E-state index contributed by atoms with van der Waals surface area (Å²) in [7, 11) is 0. The normalized spacial score (nSPS) is 15.6. The van der Waals surface area contributed by atoms with Crippen LogP contribution in [0, 0.1) is 5.92 Å². The highest BCUT2D eigenvalue weighted by Crippen LogP contribution is 2.29. The molecule has 1 aliphatic carbocycles. The fraction of sp³-hybridized carbons (Fsp3) is 0.692. The summed E-state index contributed by atoms with van der Waals surface area (Å²) in [5.41, 5.74) is 5.73. The molecule has 1 saturated carbocycles. The van der Waals surface area contributed by atoms with Gasteiger partial charge in [-0.2, -0.15) is 4.98 Å². The monoisotopic (exact) mass is 235 g/mol. The van der Waals surface area contributed by atoms with Crippen molar-refractivity contribution < 1.29 is 4.74 Å². The van der Waals surface area contributed by atoms with Gasteiger partial charge in [0.15, 0.2) is 0 Å². The minimum Gasteiger partial charge on any atom is -0.478 e. The fourth-order valence-corrected chi connectivity index (χ4v) is 2.01. The Labute approximate surface area is 103 Å². The van der Waals surface area contributed by atoms with Crippen LogP contribution >= 0.6 is 0 Å². The Bertz CT molecular complexity index is 364. The summed E-state index contributed by atoms with van der Waals surface area (Å²) in [6.45, 7) is 2.84. The molecule has 4 nitrogen and oxygen atoms in total. The van der Waals surface area contributed by atoms with Crippen molar-refractivity contribution in [2.45, 2.75) is 45.4 Å². The van der Waals surface area contributed by atoms with Gasteiger partial charge in [0.25, 0.3) is 0 Å². The molecule has 0 atom stereocenters. The number of hydrogen-bond donors (Lipinski definition) is 1. The summed E-state index contributed by atoms with van der Waals surface area (Å²) in [5.74, 6) is 2.78. The summed E-state index contributed by atoms with van der Waals surface area (Å²) in [6, 6.07) is 1.71. The highest BCUT2D eigenvalue weighted by atomic mass is 16.5. The van der Waals surface area contributed by atoms with Gasteiger partial charge in [0.1, 0.15) is 11.6 Å². The van der Waals surface area contributed by atoms with Crippen LogP contribution in [0.4, 0.5) is 5.82 Å². The van der Waals surface area contributed by atoms with Crippen molar-refractivity contribution in [3.63, 3.8) is 0 Å². The van der Waals surface area contributed by atoms with E-state index < -0.39 is 0 Å². The minimum atomic E-state index is 0.502. The number of rotatable bonds is 6. The van der Waals surface area contributed by atoms with Crippen molar-refractivity contribution in [3.8, 4) is 5.88 Å². The lowest BCUT2D eigenvalue weighted by Gasteiger charge is -2.24. The van der Waals surface area contributed by atoms with Crippen molar-refractivity contribution in [2.75, 3.05) is 12.3 Å². The van der Waals surface area contributed by atoms with Gasteiger partial charge in [-0.1, -0.05) is 26.2 Å². The van der Waals surface area contributed by atoms with Crippen molar-refractivity contribution >= 4 is 5.82 Å². The molecule has 1 heterocycles. The Morgan fingerprint density at radius 3 is 2.88 bits per heavy atom. The molecule has 0 spiro atoms. The predicted molar refractivity (Wildman–Crippen MR) is 67.9 cm³/mol. The van der Waals surface area contributed by atoms with Crippen LogP contribution in [0.3, 0.4) is 0 Å². The van der Waals surface area contributed by atoms with Crippen LogP contribution in [-0.2, 0) is 6.42 Å². The van der Waals surface area contributed by atoms with Crippen molar-refractivity contribution in [1.29, 1.82) is 0 Å². The zero-order valence-corrected chi connectivity index (χ0v) is 10.5. The van der Waals surface area contributed by atoms with Crippen LogP contribution < -0.4 is 10.5 Å². The van der Waals surface area contributed by atoms with E-state index in [0.717, 1.165) is 37.6 Å². The summed E-state index contributed by atoms with van der Waals surface area (Å²) in [5, 5.41) is 0. The summed E-state index contributed by atoms with van der Waals surface area (Å²) in [4.78, 5) is 8.53. The molecule has 4 heteroatoms. The molecule has 1 fully saturated rings.